The van der Waals surface area contributed by atoms with Crippen molar-refractivity contribution in [3.05, 3.63) is 30.1 Å². The van der Waals surface area contributed by atoms with Crippen LogP contribution in [0.4, 0.5) is 0 Å². The zero-order valence-electron chi connectivity index (χ0n) is 10.4. The van der Waals surface area contributed by atoms with Crippen LogP contribution in [-0.2, 0) is 6.54 Å². The fourth-order valence-electron chi connectivity index (χ4n) is 2.08. The molecule has 0 atom stereocenters. The van der Waals surface area contributed by atoms with Gasteiger partial charge < -0.3 is 4.57 Å². The maximum atomic E-state index is 11.0. The van der Waals surface area contributed by atoms with Crippen LogP contribution in [0.25, 0.3) is 11.0 Å². The van der Waals surface area contributed by atoms with E-state index in [1.165, 1.54) is 6.42 Å². The van der Waals surface area contributed by atoms with Crippen LogP contribution in [-0.4, -0.2) is 15.8 Å². The highest BCUT2D eigenvalue weighted by molar-refractivity contribution is 5.95. The van der Waals surface area contributed by atoms with Crippen LogP contribution in [0.3, 0.4) is 0 Å². The predicted molar refractivity (Wildman–Crippen MR) is 69.2 cm³/mol. The van der Waals surface area contributed by atoms with Crippen LogP contribution in [0.5, 0.6) is 0 Å². The Hall–Kier alpha value is -1.64. The predicted octanol–water partition coefficient (Wildman–Crippen LogP) is 3.29. The maximum Gasteiger partial charge on any atom is 0.152 e. The van der Waals surface area contributed by atoms with Gasteiger partial charge in [-0.15, -0.1) is 0 Å². The summed E-state index contributed by atoms with van der Waals surface area (Å²) in [6, 6.07) is 3.82. The number of nitrogens with zero attached hydrogens (tertiary/aromatic N) is 2. The second-order valence-electron chi connectivity index (χ2n) is 4.81. The number of aryl methyl sites for hydroxylation is 1. The molecule has 0 aliphatic carbocycles. The number of hydrogen-bond donors (Lipinski definition) is 0. The van der Waals surface area contributed by atoms with Gasteiger partial charge in [-0.25, -0.2) is 4.98 Å². The Morgan fingerprint density at radius 3 is 3.00 bits per heavy atom. The molecule has 2 aromatic heterocycles. The molecular weight excluding hydrogens is 212 g/mol. The van der Waals surface area contributed by atoms with Gasteiger partial charge >= 0.3 is 0 Å². The fourth-order valence-corrected chi connectivity index (χ4v) is 2.08. The Morgan fingerprint density at radius 2 is 2.29 bits per heavy atom. The van der Waals surface area contributed by atoms with Gasteiger partial charge in [-0.1, -0.05) is 13.8 Å². The average Bonchev–Trinajstić information content (AvgIpc) is 2.68. The molecule has 3 heteroatoms. The zero-order valence-corrected chi connectivity index (χ0v) is 10.4. The summed E-state index contributed by atoms with van der Waals surface area (Å²) in [5, 5.41) is 0.951. The number of hydrogen-bond acceptors (Lipinski definition) is 2. The van der Waals surface area contributed by atoms with Gasteiger partial charge in [-0.05, 0) is 30.9 Å². The van der Waals surface area contributed by atoms with Gasteiger partial charge in [0.2, 0.25) is 0 Å². The summed E-state index contributed by atoms with van der Waals surface area (Å²) in [7, 11) is 0. The first-order valence-corrected chi connectivity index (χ1v) is 6.11. The molecule has 0 aliphatic heterocycles. The number of carbonyl (C=O) groups is 1. The fraction of sp³-hybridized carbons (Fsp3) is 0.429. The minimum Gasteiger partial charge on any atom is -0.332 e. The van der Waals surface area contributed by atoms with Crippen molar-refractivity contribution in [2.24, 2.45) is 5.92 Å². The molecule has 0 fully saturated rings. The second-order valence-corrected chi connectivity index (χ2v) is 4.81. The van der Waals surface area contributed by atoms with Crippen molar-refractivity contribution in [2.45, 2.75) is 33.2 Å². The monoisotopic (exact) mass is 230 g/mol. The maximum absolute atomic E-state index is 11.0. The number of carbonyl (C=O) groups excluding carboxylic acids is 1. The molecule has 0 amide bonds. The van der Waals surface area contributed by atoms with Crippen molar-refractivity contribution in [3.8, 4) is 0 Å². The van der Waals surface area contributed by atoms with Crippen LogP contribution in [0.15, 0.2) is 24.5 Å². The van der Waals surface area contributed by atoms with E-state index in [4.69, 9.17) is 0 Å². The van der Waals surface area contributed by atoms with Gasteiger partial charge in [0.1, 0.15) is 5.65 Å². The third kappa shape index (κ3) is 2.54. The largest absolute Gasteiger partial charge is 0.332 e. The van der Waals surface area contributed by atoms with Crippen molar-refractivity contribution < 1.29 is 4.79 Å². The third-order valence-electron chi connectivity index (χ3n) is 2.97. The van der Waals surface area contributed by atoms with E-state index < -0.39 is 0 Å². The molecule has 0 saturated carbocycles. The first-order chi connectivity index (χ1) is 8.22. The highest BCUT2D eigenvalue weighted by Gasteiger charge is 2.08. The Morgan fingerprint density at radius 1 is 1.47 bits per heavy atom. The molecule has 0 aliphatic rings. The highest BCUT2D eigenvalue weighted by atomic mass is 16.1. The van der Waals surface area contributed by atoms with Crippen LogP contribution >= 0.6 is 0 Å². The van der Waals surface area contributed by atoms with Crippen molar-refractivity contribution in [2.75, 3.05) is 0 Å². The number of rotatable bonds is 5. The molecule has 17 heavy (non-hydrogen) atoms. The van der Waals surface area contributed by atoms with E-state index in [2.05, 4.69) is 23.4 Å². The summed E-state index contributed by atoms with van der Waals surface area (Å²) < 4.78 is 2.08. The quantitative estimate of drug-likeness (QED) is 0.739. The van der Waals surface area contributed by atoms with E-state index >= 15 is 0 Å². The summed E-state index contributed by atoms with van der Waals surface area (Å²) in [6.45, 7) is 5.38. The molecule has 0 unspecified atom stereocenters. The summed E-state index contributed by atoms with van der Waals surface area (Å²) >= 11 is 0. The molecule has 90 valence electrons. The number of aldehydes is 1. The van der Waals surface area contributed by atoms with Gasteiger partial charge in [0.05, 0.1) is 0 Å². The number of fused-ring (bicyclic) bond motifs is 1. The standard InChI is InChI=1S/C14H18N2O/c1-11(2)5-4-8-16-9-12(10-17)13-6-3-7-15-14(13)16/h3,6-7,9-11H,4-5,8H2,1-2H3. The van der Waals surface area contributed by atoms with Crippen LogP contribution in [0.2, 0.25) is 0 Å². The molecule has 2 aromatic rings. The molecule has 0 N–H and O–H groups in total. The van der Waals surface area contributed by atoms with E-state index in [9.17, 15) is 4.79 Å². The Labute approximate surface area is 101 Å². The highest BCUT2D eigenvalue weighted by Crippen LogP contribution is 2.18. The molecule has 0 aromatic carbocycles. The lowest BCUT2D eigenvalue weighted by atomic mass is 10.1. The van der Waals surface area contributed by atoms with E-state index in [1.807, 2.05) is 18.3 Å². The zero-order chi connectivity index (χ0) is 12.3. The first kappa shape index (κ1) is 11.8. The minimum atomic E-state index is 0.718. The smallest absolute Gasteiger partial charge is 0.152 e. The van der Waals surface area contributed by atoms with Crippen LogP contribution in [0, 0.1) is 5.92 Å². The minimum absolute atomic E-state index is 0.718. The third-order valence-corrected chi connectivity index (χ3v) is 2.97. The molecule has 2 heterocycles. The lowest BCUT2D eigenvalue weighted by Crippen LogP contribution is -1.99. The molecule has 2 rings (SSSR count). The summed E-state index contributed by atoms with van der Waals surface area (Å²) in [5.74, 6) is 0.718. The molecule has 0 radical (unpaired) electrons. The van der Waals surface area contributed by atoms with E-state index in [-0.39, 0.29) is 0 Å². The van der Waals surface area contributed by atoms with E-state index in [0.29, 0.717) is 0 Å². The lowest BCUT2D eigenvalue weighted by molar-refractivity contribution is 0.112. The van der Waals surface area contributed by atoms with Crippen molar-refractivity contribution in [1.82, 2.24) is 9.55 Å². The van der Waals surface area contributed by atoms with Crippen LogP contribution in [0.1, 0.15) is 37.0 Å². The van der Waals surface area contributed by atoms with Gasteiger partial charge in [0.25, 0.3) is 0 Å². The number of aromatic nitrogens is 2. The summed E-state index contributed by atoms with van der Waals surface area (Å²) in [5.41, 5.74) is 1.65. The normalized spacial score (nSPS) is 11.2. The van der Waals surface area contributed by atoms with Crippen LogP contribution < -0.4 is 0 Å². The van der Waals surface area contributed by atoms with Crippen molar-refractivity contribution >= 4 is 17.3 Å². The van der Waals surface area contributed by atoms with Gasteiger partial charge in [-0.2, -0.15) is 0 Å². The van der Waals surface area contributed by atoms with E-state index in [0.717, 1.165) is 41.8 Å². The molecule has 0 saturated heterocycles. The van der Waals surface area contributed by atoms with Crippen molar-refractivity contribution in [1.29, 1.82) is 0 Å². The number of pyridine rings is 1. The van der Waals surface area contributed by atoms with Gasteiger partial charge in [0.15, 0.2) is 6.29 Å². The Balaban J connectivity index is 2.25. The first-order valence-electron chi connectivity index (χ1n) is 6.11. The van der Waals surface area contributed by atoms with E-state index in [1.54, 1.807) is 6.20 Å². The van der Waals surface area contributed by atoms with Gasteiger partial charge in [0, 0.05) is 29.9 Å². The molecule has 0 spiro atoms. The van der Waals surface area contributed by atoms with Gasteiger partial charge in [-0.3, -0.25) is 4.79 Å². The Kier molecular flexibility index (Phi) is 3.57. The molecular formula is C14H18N2O. The summed E-state index contributed by atoms with van der Waals surface area (Å²) in [4.78, 5) is 15.3. The average molecular weight is 230 g/mol. The lowest BCUT2D eigenvalue weighted by Gasteiger charge is -2.06. The van der Waals surface area contributed by atoms with Crippen molar-refractivity contribution in [3.63, 3.8) is 0 Å². The summed E-state index contributed by atoms with van der Waals surface area (Å²) in [6.07, 6.45) is 6.91. The molecule has 3 nitrogen and oxygen atoms in total. The molecule has 0 bridgehead atoms. The topological polar surface area (TPSA) is 34.9 Å². The Bertz CT molecular complexity index is 514. The second kappa shape index (κ2) is 5.13. The SMILES string of the molecule is CC(C)CCCn1cc(C=O)c2cccnc21.